The maximum absolute atomic E-state index is 10.8. The van der Waals surface area contributed by atoms with Gasteiger partial charge in [-0.2, -0.15) is 0 Å². The third kappa shape index (κ3) is 2.82. The fourth-order valence-corrected chi connectivity index (χ4v) is 3.65. The molecule has 0 atom stereocenters. The summed E-state index contributed by atoms with van der Waals surface area (Å²) in [5.41, 5.74) is 2.44. The van der Waals surface area contributed by atoms with Crippen molar-refractivity contribution in [2.24, 2.45) is 0 Å². The number of nitro groups is 2. The number of nitrogens with zero attached hydrogens (tertiary/aromatic N) is 4. The van der Waals surface area contributed by atoms with Crippen LogP contribution in [0.15, 0.2) is 36.4 Å². The first-order valence-electron chi connectivity index (χ1n) is 7.13. The number of aromatic nitrogens is 4. The number of fused-ring (bicyclic) bond motifs is 2. The summed E-state index contributed by atoms with van der Waals surface area (Å²) in [4.78, 5) is 35.7. The Labute approximate surface area is 144 Å². The van der Waals surface area contributed by atoms with Gasteiger partial charge in [0.1, 0.15) is 0 Å². The first kappa shape index (κ1) is 15.3. The lowest BCUT2D eigenvalue weighted by molar-refractivity contribution is -0.384. The van der Waals surface area contributed by atoms with Crippen molar-refractivity contribution in [3.63, 3.8) is 0 Å². The van der Waals surface area contributed by atoms with E-state index in [0.29, 0.717) is 31.4 Å². The quantitative estimate of drug-likeness (QED) is 0.318. The summed E-state index contributed by atoms with van der Waals surface area (Å²) in [6, 6.07) is 8.87. The van der Waals surface area contributed by atoms with Crippen molar-refractivity contribution in [1.82, 2.24) is 19.9 Å². The van der Waals surface area contributed by atoms with Gasteiger partial charge in [-0.3, -0.25) is 30.2 Å². The molecule has 4 aromatic rings. The fraction of sp³-hybridized carbons (Fsp3) is 0. The van der Waals surface area contributed by atoms with Crippen molar-refractivity contribution >= 4 is 58.0 Å². The molecule has 0 aliphatic rings. The molecular weight excluding hydrogens is 343 g/mol. The monoisotopic (exact) mass is 351 g/mol. The number of non-ortho nitro benzene ring substituents is 2. The fourth-order valence-electron chi connectivity index (χ4n) is 2.53. The van der Waals surface area contributed by atoms with Crippen molar-refractivity contribution in [2.45, 2.75) is 0 Å². The lowest BCUT2D eigenvalue weighted by Gasteiger charge is -1.90. The number of nitrogens with one attached hydrogen (secondary N) is 2. The van der Waals surface area contributed by atoms with Crippen molar-refractivity contribution in [1.29, 1.82) is 0 Å². The number of hydrogen-bond donors (Lipinski definition) is 2. The van der Waals surface area contributed by atoms with Crippen LogP contribution < -0.4 is 9.37 Å². The Balaban J connectivity index is 1.67. The topological polar surface area (TPSA) is 144 Å². The molecule has 0 amide bonds. The van der Waals surface area contributed by atoms with E-state index in [0.717, 1.165) is 0 Å². The number of hydrogen-bond acceptors (Lipinski definition) is 6. The average molecular weight is 351 g/mol. The van der Waals surface area contributed by atoms with E-state index in [1.54, 1.807) is 12.1 Å². The van der Waals surface area contributed by atoms with Crippen LogP contribution in [-0.4, -0.2) is 45.0 Å². The third-order valence-electron chi connectivity index (χ3n) is 3.66. The molecule has 2 heterocycles. The molecule has 0 unspecified atom stereocenters. The molecule has 0 aliphatic carbocycles. The van der Waals surface area contributed by atoms with Crippen LogP contribution >= 0.6 is 0 Å². The third-order valence-corrected chi connectivity index (χ3v) is 4.76. The molecule has 0 saturated heterocycles. The van der Waals surface area contributed by atoms with Crippen LogP contribution in [0.25, 0.3) is 22.1 Å². The molecule has 0 aliphatic heterocycles. The number of imidazole rings is 2. The van der Waals surface area contributed by atoms with Gasteiger partial charge in [-0.25, -0.2) is 0 Å². The maximum Gasteiger partial charge on any atom is 0.418 e. The normalized spacial score (nSPS) is 11.0. The van der Waals surface area contributed by atoms with Gasteiger partial charge in [0, 0.05) is 33.6 Å². The predicted octanol–water partition coefficient (Wildman–Crippen LogP) is 0.911. The van der Waals surface area contributed by atoms with Crippen LogP contribution in [0.3, 0.4) is 0 Å². The molecular formula is C14H8AlN6O4. The Morgan fingerprint density at radius 1 is 0.800 bits per heavy atom. The van der Waals surface area contributed by atoms with E-state index in [1.807, 2.05) is 0 Å². The zero-order chi connectivity index (χ0) is 17.6. The first-order valence-corrected chi connectivity index (χ1v) is 8.28. The first-order chi connectivity index (χ1) is 12.0. The standard InChI is InChI=1S/2C7H4N3O2.Al/c2*11-10(12)5-1-2-6-7(3-5)9-4-8-6;/h2*1-3H,(H,8,9);. The number of benzene rings is 2. The largest absolute Gasteiger partial charge is 0.418 e. The molecule has 25 heavy (non-hydrogen) atoms. The molecule has 0 spiro atoms. The van der Waals surface area contributed by atoms with Crippen LogP contribution in [0.5, 0.6) is 0 Å². The van der Waals surface area contributed by atoms with Crippen LogP contribution in [0, 0.1) is 20.2 Å². The van der Waals surface area contributed by atoms with Crippen LogP contribution in [-0.2, 0) is 0 Å². The van der Waals surface area contributed by atoms with E-state index in [1.165, 1.54) is 24.3 Å². The Hall–Kier alpha value is -3.29. The van der Waals surface area contributed by atoms with Crippen LogP contribution in [0.4, 0.5) is 11.4 Å². The van der Waals surface area contributed by atoms with Gasteiger partial charge < -0.3 is 9.97 Å². The summed E-state index contributed by atoms with van der Waals surface area (Å²) < 4.78 is 1.34. The van der Waals surface area contributed by atoms with E-state index in [-0.39, 0.29) is 11.4 Å². The van der Waals surface area contributed by atoms with Gasteiger partial charge in [0.05, 0.1) is 31.9 Å². The Morgan fingerprint density at radius 2 is 1.24 bits per heavy atom. The van der Waals surface area contributed by atoms with Gasteiger partial charge in [0.2, 0.25) is 0 Å². The Kier molecular flexibility index (Phi) is 3.45. The molecule has 0 fully saturated rings. The van der Waals surface area contributed by atoms with Crippen molar-refractivity contribution in [3.8, 4) is 0 Å². The van der Waals surface area contributed by atoms with Gasteiger partial charge in [0.15, 0.2) is 0 Å². The molecule has 0 bridgehead atoms. The Bertz CT molecular complexity index is 1060. The molecule has 0 saturated carbocycles. The number of rotatable bonds is 4. The molecule has 10 nitrogen and oxygen atoms in total. The highest BCUT2D eigenvalue weighted by atomic mass is 27.1. The minimum Gasteiger partial charge on any atom is -0.357 e. The molecule has 11 heteroatoms. The van der Waals surface area contributed by atoms with Crippen LogP contribution in [0.2, 0.25) is 0 Å². The van der Waals surface area contributed by atoms with E-state index in [4.69, 9.17) is 0 Å². The van der Waals surface area contributed by atoms with E-state index < -0.39 is 25.1 Å². The maximum atomic E-state index is 10.8. The predicted molar refractivity (Wildman–Crippen MR) is 90.5 cm³/mol. The van der Waals surface area contributed by atoms with Crippen LogP contribution in [0.1, 0.15) is 0 Å². The summed E-state index contributed by atoms with van der Waals surface area (Å²) in [6.45, 7) is 0. The van der Waals surface area contributed by atoms with E-state index in [9.17, 15) is 20.2 Å². The highest BCUT2D eigenvalue weighted by Gasteiger charge is 2.14. The summed E-state index contributed by atoms with van der Waals surface area (Å²) in [7, 11) is 0. The van der Waals surface area contributed by atoms with E-state index in [2.05, 4.69) is 19.9 Å². The van der Waals surface area contributed by atoms with Gasteiger partial charge in [-0.1, -0.05) is 0 Å². The zero-order valence-electron chi connectivity index (χ0n) is 12.5. The van der Waals surface area contributed by atoms with E-state index >= 15 is 0 Å². The molecule has 1 radical (unpaired) electrons. The van der Waals surface area contributed by atoms with Gasteiger partial charge >= 0.3 is 15.2 Å². The zero-order valence-corrected chi connectivity index (χ0v) is 13.6. The summed E-state index contributed by atoms with van der Waals surface area (Å²) in [5.74, 6) is 0. The second kappa shape index (κ2) is 5.66. The lowest BCUT2D eigenvalue weighted by atomic mass is 10.3. The minimum absolute atomic E-state index is 0.00579. The summed E-state index contributed by atoms with van der Waals surface area (Å²) in [5, 5.41) is 21.7. The highest BCUT2D eigenvalue weighted by Crippen LogP contribution is 2.18. The number of aromatic amines is 2. The Morgan fingerprint density at radius 3 is 1.64 bits per heavy atom. The molecule has 2 aromatic carbocycles. The lowest BCUT2D eigenvalue weighted by Crippen LogP contribution is -2.32. The molecule has 2 aromatic heterocycles. The number of nitro benzene ring substituents is 2. The van der Waals surface area contributed by atoms with Gasteiger partial charge in [-0.05, 0) is 12.1 Å². The smallest absolute Gasteiger partial charge is 0.357 e. The summed E-state index contributed by atoms with van der Waals surface area (Å²) in [6.07, 6.45) is 0. The molecule has 2 N–H and O–H groups in total. The number of H-pyrrole nitrogens is 2. The van der Waals surface area contributed by atoms with Crippen molar-refractivity contribution in [3.05, 3.63) is 56.6 Å². The second-order valence-electron chi connectivity index (χ2n) is 5.31. The second-order valence-corrected chi connectivity index (χ2v) is 6.69. The minimum atomic E-state index is -0.518. The molecule has 121 valence electrons. The summed E-state index contributed by atoms with van der Waals surface area (Å²) >= 11 is -0.518. The highest BCUT2D eigenvalue weighted by molar-refractivity contribution is 6.64. The van der Waals surface area contributed by atoms with Crippen molar-refractivity contribution < 1.29 is 9.85 Å². The average Bonchev–Trinajstić information content (AvgIpc) is 3.15. The van der Waals surface area contributed by atoms with Crippen molar-refractivity contribution in [2.75, 3.05) is 0 Å². The van der Waals surface area contributed by atoms with Gasteiger partial charge in [-0.15, -0.1) is 0 Å². The molecule has 4 rings (SSSR count). The SMILES string of the molecule is O=[N+]([O-])c1ccc2n[c]([Al][c]3nc4ccc([N+](=O)[O-])cc4[nH]3)[nH]c2c1. The van der Waals surface area contributed by atoms with Gasteiger partial charge in [0.25, 0.3) is 11.4 Å².